The van der Waals surface area contributed by atoms with Gasteiger partial charge in [-0.15, -0.1) is 0 Å². The standard InChI is InChI=1S/C11H13NO4.C3H6N2S/c1-16-9-4-2-8(3-5-9)12-10(13)6-7-11(14)15;4-3-5-1-2-6-3/h2-5H,6-7H2,1H3,(H,12,13)(H,14,15);1-2H2,(H2,4,5). The van der Waals surface area contributed by atoms with Gasteiger partial charge >= 0.3 is 5.97 Å². The summed E-state index contributed by atoms with van der Waals surface area (Å²) in [5.41, 5.74) is 5.87. The fourth-order valence-corrected chi connectivity index (χ4v) is 2.04. The number of methoxy groups -OCH3 is 1. The summed E-state index contributed by atoms with van der Waals surface area (Å²) in [7, 11) is 1.56. The number of carbonyl (C=O) groups excluding carboxylic acids is 1. The molecule has 0 atom stereocenters. The molecule has 8 heteroatoms. The van der Waals surface area contributed by atoms with Crippen molar-refractivity contribution in [2.24, 2.45) is 10.7 Å². The lowest BCUT2D eigenvalue weighted by molar-refractivity contribution is -0.138. The third-order valence-corrected chi connectivity index (χ3v) is 3.36. The van der Waals surface area contributed by atoms with Gasteiger partial charge in [-0.3, -0.25) is 14.6 Å². The second-order valence-corrected chi connectivity index (χ2v) is 5.35. The molecule has 1 aliphatic rings. The number of ether oxygens (including phenoxy) is 1. The van der Waals surface area contributed by atoms with Crippen LogP contribution < -0.4 is 15.8 Å². The third kappa shape index (κ3) is 7.53. The van der Waals surface area contributed by atoms with Crippen LogP contribution in [0.3, 0.4) is 0 Å². The predicted molar refractivity (Wildman–Crippen MR) is 87.4 cm³/mol. The Hall–Kier alpha value is -2.22. The van der Waals surface area contributed by atoms with Gasteiger partial charge in [0.05, 0.1) is 20.1 Å². The maximum atomic E-state index is 11.3. The minimum atomic E-state index is -0.982. The average molecular weight is 325 g/mol. The summed E-state index contributed by atoms with van der Waals surface area (Å²) in [6, 6.07) is 6.81. The van der Waals surface area contributed by atoms with Crippen molar-refractivity contribution in [1.29, 1.82) is 0 Å². The monoisotopic (exact) mass is 325 g/mol. The summed E-state index contributed by atoms with van der Waals surface area (Å²) < 4.78 is 4.96. The van der Waals surface area contributed by atoms with Crippen LogP contribution in [0.15, 0.2) is 29.3 Å². The van der Waals surface area contributed by atoms with Gasteiger partial charge in [0.1, 0.15) is 5.75 Å². The molecule has 0 saturated heterocycles. The molecule has 22 heavy (non-hydrogen) atoms. The molecule has 1 aromatic rings. The molecule has 1 amide bonds. The Balaban J connectivity index is 0.000000335. The summed E-state index contributed by atoms with van der Waals surface area (Å²) >= 11 is 1.62. The van der Waals surface area contributed by atoms with Crippen LogP contribution >= 0.6 is 11.8 Å². The SMILES string of the molecule is COc1ccc(NC(=O)CCC(=O)O)cc1.NC1=NCCS1. The molecule has 0 radical (unpaired) electrons. The molecule has 0 aromatic heterocycles. The Kier molecular flexibility index (Phi) is 7.84. The van der Waals surface area contributed by atoms with E-state index in [-0.39, 0.29) is 18.7 Å². The van der Waals surface area contributed by atoms with Crippen LogP contribution in [0.2, 0.25) is 0 Å². The van der Waals surface area contributed by atoms with Gasteiger partial charge in [0.2, 0.25) is 5.91 Å². The van der Waals surface area contributed by atoms with Gasteiger partial charge in [-0.1, -0.05) is 11.8 Å². The summed E-state index contributed by atoms with van der Waals surface area (Å²) in [6.07, 6.45) is -0.191. The molecule has 120 valence electrons. The molecular formula is C14H19N3O4S. The summed E-state index contributed by atoms with van der Waals surface area (Å²) in [4.78, 5) is 25.4. The first kappa shape index (κ1) is 17.8. The van der Waals surface area contributed by atoms with E-state index in [4.69, 9.17) is 15.6 Å². The first-order valence-corrected chi connectivity index (χ1v) is 7.58. The van der Waals surface area contributed by atoms with Crippen LogP contribution in [-0.2, 0) is 9.59 Å². The summed E-state index contributed by atoms with van der Waals surface area (Å²) in [6.45, 7) is 0.913. The fourth-order valence-electron chi connectivity index (χ4n) is 1.47. The van der Waals surface area contributed by atoms with Crippen LogP contribution in [0.4, 0.5) is 5.69 Å². The van der Waals surface area contributed by atoms with E-state index in [1.165, 1.54) is 0 Å². The van der Waals surface area contributed by atoms with Crippen molar-refractivity contribution < 1.29 is 19.4 Å². The summed E-state index contributed by atoms with van der Waals surface area (Å²) in [5.74, 6) is 0.479. The second-order valence-electron chi connectivity index (χ2n) is 4.24. The van der Waals surface area contributed by atoms with E-state index in [2.05, 4.69) is 10.3 Å². The van der Waals surface area contributed by atoms with Gasteiger partial charge in [0.15, 0.2) is 5.17 Å². The smallest absolute Gasteiger partial charge is 0.303 e. The first-order valence-electron chi connectivity index (χ1n) is 6.59. The average Bonchev–Trinajstić information content (AvgIpc) is 2.98. The maximum Gasteiger partial charge on any atom is 0.303 e. The number of anilines is 1. The van der Waals surface area contributed by atoms with E-state index >= 15 is 0 Å². The molecule has 0 fully saturated rings. The fraction of sp³-hybridized carbons (Fsp3) is 0.357. The van der Waals surface area contributed by atoms with Gasteiger partial charge in [-0.05, 0) is 24.3 Å². The number of hydrogen-bond donors (Lipinski definition) is 3. The lowest BCUT2D eigenvalue weighted by atomic mass is 10.2. The molecule has 0 aliphatic carbocycles. The van der Waals surface area contributed by atoms with Crippen molar-refractivity contribution in [2.75, 3.05) is 24.7 Å². The van der Waals surface area contributed by atoms with Crippen molar-refractivity contribution in [3.8, 4) is 5.75 Å². The largest absolute Gasteiger partial charge is 0.497 e. The molecular weight excluding hydrogens is 306 g/mol. The third-order valence-electron chi connectivity index (χ3n) is 2.55. The molecule has 7 nitrogen and oxygen atoms in total. The Labute approximate surface area is 132 Å². The number of hydrogen-bond acceptors (Lipinski definition) is 6. The Morgan fingerprint density at radius 1 is 1.36 bits per heavy atom. The molecule has 1 aliphatic heterocycles. The molecule has 0 bridgehead atoms. The number of carboxylic acid groups (broad SMARTS) is 1. The van der Waals surface area contributed by atoms with Gasteiger partial charge < -0.3 is 20.9 Å². The summed E-state index contributed by atoms with van der Waals surface area (Å²) in [5, 5.41) is 11.7. The molecule has 1 aromatic carbocycles. The van der Waals surface area contributed by atoms with Crippen molar-refractivity contribution in [1.82, 2.24) is 0 Å². The lowest BCUT2D eigenvalue weighted by Gasteiger charge is -2.05. The predicted octanol–water partition coefficient (Wildman–Crippen LogP) is 1.55. The van der Waals surface area contributed by atoms with E-state index < -0.39 is 5.97 Å². The number of nitrogens with two attached hydrogens (primary N) is 1. The van der Waals surface area contributed by atoms with Gasteiger partial charge in [-0.25, -0.2) is 0 Å². The Bertz CT molecular complexity index is 531. The highest BCUT2D eigenvalue weighted by Crippen LogP contribution is 2.15. The zero-order valence-electron chi connectivity index (χ0n) is 12.2. The van der Waals surface area contributed by atoms with Gasteiger partial charge in [-0.2, -0.15) is 0 Å². The van der Waals surface area contributed by atoms with Gasteiger partial charge in [0.25, 0.3) is 0 Å². The highest BCUT2D eigenvalue weighted by molar-refractivity contribution is 8.14. The van der Waals surface area contributed by atoms with E-state index in [9.17, 15) is 9.59 Å². The number of nitrogens with zero attached hydrogens (tertiary/aromatic N) is 1. The van der Waals surface area contributed by atoms with E-state index in [1.807, 2.05) is 0 Å². The van der Waals surface area contributed by atoms with Crippen molar-refractivity contribution in [3.63, 3.8) is 0 Å². The number of carbonyl (C=O) groups is 2. The molecule has 0 spiro atoms. The molecule has 0 unspecified atom stereocenters. The number of carboxylic acids is 1. The van der Waals surface area contributed by atoms with Gasteiger partial charge in [0, 0.05) is 17.9 Å². The highest BCUT2D eigenvalue weighted by Gasteiger charge is 2.05. The van der Waals surface area contributed by atoms with E-state index in [0.717, 1.165) is 17.5 Å². The van der Waals surface area contributed by atoms with Crippen LogP contribution in [0, 0.1) is 0 Å². The van der Waals surface area contributed by atoms with Crippen LogP contribution in [-0.4, -0.2) is 41.6 Å². The Morgan fingerprint density at radius 3 is 2.45 bits per heavy atom. The second kappa shape index (κ2) is 9.67. The number of benzene rings is 1. The highest BCUT2D eigenvalue weighted by atomic mass is 32.2. The number of thioether (sulfide) groups is 1. The van der Waals surface area contributed by atoms with Crippen LogP contribution in [0.1, 0.15) is 12.8 Å². The zero-order valence-corrected chi connectivity index (χ0v) is 13.1. The van der Waals surface area contributed by atoms with Crippen molar-refractivity contribution in [3.05, 3.63) is 24.3 Å². The molecule has 1 heterocycles. The van der Waals surface area contributed by atoms with Crippen molar-refractivity contribution in [2.45, 2.75) is 12.8 Å². The topological polar surface area (TPSA) is 114 Å². The quantitative estimate of drug-likeness (QED) is 0.757. The number of amidine groups is 1. The molecule has 4 N–H and O–H groups in total. The molecule has 0 saturated carbocycles. The van der Waals surface area contributed by atoms with E-state index in [1.54, 1.807) is 43.1 Å². The number of nitrogens with one attached hydrogen (secondary N) is 1. The zero-order chi connectivity index (χ0) is 16.4. The van der Waals surface area contributed by atoms with Crippen LogP contribution in [0.5, 0.6) is 5.75 Å². The number of aliphatic imine (C=N–C) groups is 1. The van der Waals surface area contributed by atoms with E-state index in [0.29, 0.717) is 11.4 Å². The minimum absolute atomic E-state index is 0.0264. The normalized spacial score (nSPS) is 12.7. The first-order chi connectivity index (χ1) is 10.5. The number of aliphatic carboxylic acids is 1. The van der Waals surface area contributed by atoms with Crippen LogP contribution in [0.25, 0.3) is 0 Å². The van der Waals surface area contributed by atoms with Crippen molar-refractivity contribution >= 4 is 34.5 Å². The minimum Gasteiger partial charge on any atom is -0.497 e. The lowest BCUT2D eigenvalue weighted by Crippen LogP contribution is -2.12. The number of amides is 1. The maximum absolute atomic E-state index is 11.3. The molecule has 2 rings (SSSR count). The Morgan fingerprint density at radius 2 is 2.05 bits per heavy atom. The number of rotatable bonds is 5.